The summed E-state index contributed by atoms with van der Waals surface area (Å²) in [4.78, 5) is 0. The van der Waals surface area contributed by atoms with Crippen molar-refractivity contribution in [1.29, 1.82) is 0 Å². The molecule has 1 aliphatic carbocycles. The summed E-state index contributed by atoms with van der Waals surface area (Å²) >= 11 is 0.760. The normalized spacial score (nSPS) is 17.0. The summed E-state index contributed by atoms with van der Waals surface area (Å²) in [5, 5.41) is 0. The van der Waals surface area contributed by atoms with Crippen LogP contribution in [0.15, 0.2) is 21.1 Å². The van der Waals surface area contributed by atoms with Crippen molar-refractivity contribution in [3.8, 4) is 0 Å². The van der Waals surface area contributed by atoms with Crippen molar-refractivity contribution >= 4 is 24.4 Å². The maximum absolute atomic E-state index is 2.34. The maximum atomic E-state index is 2.34. The zero-order chi connectivity index (χ0) is 8.27. The first-order valence-electron chi connectivity index (χ1n) is 4.55. The summed E-state index contributed by atoms with van der Waals surface area (Å²) in [6.07, 6.45) is 8.64. The molecule has 60 valence electrons. The van der Waals surface area contributed by atoms with Gasteiger partial charge in [0.25, 0.3) is 0 Å². The van der Waals surface area contributed by atoms with Crippen molar-refractivity contribution in [2.45, 2.75) is 33.1 Å². The summed E-state index contributed by atoms with van der Waals surface area (Å²) in [5.41, 5.74) is 1.68. The molecular weight excluding hydrogens is 235 g/mol. The second kappa shape index (κ2) is 4.39. The quantitative estimate of drug-likeness (QED) is 0.722. The molecule has 0 unspecified atom stereocenters. The first-order valence-corrected chi connectivity index (χ1v) is 7.40. The number of rotatable bonds is 3. The van der Waals surface area contributed by atoms with Crippen LogP contribution in [0.2, 0.25) is 0 Å². The van der Waals surface area contributed by atoms with E-state index in [1.807, 2.05) is 0 Å². The van der Waals surface area contributed by atoms with Gasteiger partial charge in [-0.25, -0.2) is 0 Å². The van der Waals surface area contributed by atoms with Crippen LogP contribution in [0.3, 0.4) is 0 Å². The van der Waals surface area contributed by atoms with Gasteiger partial charge in [0.15, 0.2) is 0 Å². The topological polar surface area (TPSA) is 0 Å². The van der Waals surface area contributed by atoms with E-state index in [1.165, 1.54) is 19.3 Å². The monoisotopic (exact) mass is 252 g/mol. The number of allylic oxidation sites excluding steroid dienone is 4. The third kappa shape index (κ3) is 3.06. The first-order chi connectivity index (χ1) is 5.20. The van der Waals surface area contributed by atoms with Crippen LogP contribution in [-0.4, -0.2) is 24.4 Å². The zero-order valence-electron chi connectivity index (χ0n) is 7.85. The van der Waals surface area contributed by atoms with Crippen LogP contribution in [-0.2, 0) is 0 Å². The fourth-order valence-electron chi connectivity index (χ4n) is 1.39. The molecule has 0 aromatic rings. The second-order valence-corrected chi connectivity index (χ2v) is 7.29. The Morgan fingerprint density at radius 3 is 2.73 bits per heavy atom. The van der Waals surface area contributed by atoms with Crippen LogP contribution in [0.1, 0.15) is 33.1 Å². The molecule has 1 aliphatic rings. The molecule has 0 spiro atoms. The molecule has 0 fully saturated rings. The SMILES string of the molecule is CC(C)CCC1=[C]([InH2])CC=C1. The average Bonchev–Trinajstić information content (AvgIpc) is 2.31. The van der Waals surface area contributed by atoms with E-state index in [2.05, 4.69) is 26.0 Å². The standard InChI is InChI=1S/C10H15.In.2H/c1-9(2)7-8-10-5-3-4-6-10;;;/h3,5,9H,4,7-8H2,1-2H3;;;. The van der Waals surface area contributed by atoms with Crippen molar-refractivity contribution in [3.63, 3.8) is 0 Å². The Hall–Kier alpha value is 0.350. The summed E-state index contributed by atoms with van der Waals surface area (Å²) in [6, 6.07) is 0. The number of hydrogen-bond acceptors (Lipinski definition) is 0. The van der Waals surface area contributed by atoms with E-state index in [0.717, 1.165) is 30.3 Å². The third-order valence-electron chi connectivity index (χ3n) is 2.28. The van der Waals surface area contributed by atoms with Crippen molar-refractivity contribution in [2.75, 3.05) is 0 Å². The summed E-state index contributed by atoms with van der Waals surface area (Å²) in [6.45, 7) is 4.61. The average molecular weight is 252 g/mol. The van der Waals surface area contributed by atoms with Gasteiger partial charge in [-0.1, -0.05) is 0 Å². The molecular formula is C10H17In. The minimum atomic E-state index is 0.760. The molecule has 0 saturated heterocycles. The van der Waals surface area contributed by atoms with Gasteiger partial charge in [0.1, 0.15) is 0 Å². The molecule has 1 heteroatoms. The molecule has 0 radical (unpaired) electrons. The molecule has 0 aromatic heterocycles. The van der Waals surface area contributed by atoms with E-state index < -0.39 is 0 Å². The minimum absolute atomic E-state index is 0.760. The van der Waals surface area contributed by atoms with Gasteiger partial charge >= 0.3 is 84.5 Å². The summed E-state index contributed by atoms with van der Waals surface area (Å²) < 4.78 is 1.78. The van der Waals surface area contributed by atoms with Crippen LogP contribution in [0.4, 0.5) is 0 Å². The fourth-order valence-corrected chi connectivity index (χ4v) is 3.25. The molecule has 0 saturated carbocycles. The van der Waals surface area contributed by atoms with Crippen molar-refractivity contribution < 1.29 is 0 Å². The summed E-state index contributed by atoms with van der Waals surface area (Å²) in [7, 11) is 0. The Kier molecular flexibility index (Phi) is 3.77. The van der Waals surface area contributed by atoms with Crippen molar-refractivity contribution in [3.05, 3.63) is 21.1 Å². The third-order valence-corrected chi connectivity index (χ3v) is 5.28. The molecule has 0 bridgehead atoms. The molecule has 0 heterocycles. The first kappa shape index (κ1) is 9.44. The Labute approximate surface area is 84.3 Å². The van der Waals surface area contributed by atoms with Gasteiger partial charge in [0, 0.05) is 0 Å². The van der Waals surface area contributed by atoms with Gasteiger partial charge in [0.2, 0.25) is 0 Å². The molecule has 0 nitrogen and oxygen atoms in total. The molecule has 0 aliphatic heterocycles. The van der Waals surface area contributed by atoms with Gasteiger partial charge < -0.3 is 0 Å². The van der Waals surface area contributed by atoms with E-state index in [1.54, 1.807) is 8.90 Å². The van der Waals surface area contributed by atoms with Gasteiger partial charge in [0.05, 0.1) is 0 Å². The van der Waals surface area contributed by atoms with Crippen LogP contribution >= 0.6 is 0 Å². The van der Waals surface area contributed by atoms with E-state index in [9.17, 15) is 0 Å². The second-order valence-electron chi connectivity index (χ2n) is 3.84. The predicted octanol–water partition coefficient (Wildman–Crippen LogP) is 2.27. The Balaban J connectivity index is 2.37. The van der Waals surface area contributed by atoms with Crippen LogP contribution < -0.4 is 0 Å². The van der Waals surface area contributed by atoms with Crippen molar-refractivity contribution in [1.82, 2.24) is 0 Å². The van der Waals surface area contributed by atoms with E-state index >= 15 is 0 Å². The van der Waals surface area contributed by atoms with Gasteiger partial charge in [-0.15, -0.1) is 0 Å². The predicted molar refractivity (Wildman–Crippen MR) is 53.4 cm³/mol. The van der Waals surface area contributed by atoms with E-state index in [4.69, 9.17) is 0 Å². The van der Waals surface area contributed by atoms with Gasteiger partial charge in [-0.2, -0.15) is 0 Å². The summed E-state index contributed by atoms with van der Waals surface area (Å²) in [5.74, 6) is 0.861. The van der Waals surface area contributed by atoms with Crippen LogP contribution in [0.25, 0.3) is 0 Å². The Morgan fingerprint density at radius 1 is 1.55 bits per heavy atom. The molecule has 0 atom stereocenters. The molecule has 0 amide bonds. The van der Waals surface area contributed by atoms with E-state index in [0.29, 0.717) is 0 Å². The van der Waals surface area contributed by atoms with Crippen LogP contribution in [0, 0.1) is 5.92 Å². The van der Waals surface area contributed by atoms with Crippen molar-refractivity contribution in [2.24, 2.45) is 5.92 Å². The fraction of sp³-hybridized carbons (Fsp3) is 0.600. The van der Waals surface area contributed by atoms with Gasteiger partial charge in [-0.3, -0.25) is 0 Å². The van der Waals surface area contributed by atoms with E-state index in [-0.39, 0.29) is 0 Å². The van der Waals surface area contributed by atoms with Crippen LogP contribution in [0.5, 0.6) is 0 Å². The zero-order valence-corrected chi connectivity index (χ0v) is 13.6. The molecule has 0 N–H and O–H groups in total. The Morgan fingerprint density at radius 2 is 2.27 bits per heavy atom. The number of hydrogen-bond donors (Lipinski definition) is 0. The molecule has 1 rings (SSSR count). The molecule has 0 aromatic carbocycles. The molecule has 11 heavy (non-hydrogen) atoms. The Bertz CT molecular complexity index is 187. The van der Waals surface area contributed by atoms with Gasteiger partial charge in [-0.05, 0) is 0 Å².